The Bertz CT molecular complexity index is 1360. The number of benzene rings is 2. The summed E-state index contributed by atoms with van der Waals surface area (Å²) in [5, 5.41) is 56.5. The zero-order valence-electron chi connectivity index (χ0n) is 26.6. The molecule has 3 N–H and O–H groups in total. The average Bonchev–Trinajstić information content (AvgIpc) is 2.99. The van der Waals surface area contributed by atoms with Gasteiger partial charge in [-0.1, -0.05) is 24.3 Å². The van der Waals surface area contributed by atoms with E-state index in [-0.39, 0.29) is 110 Å². The first kappa shape index (κ1) is 40.7. The molecule has 48 heavy (non-hydrogen) atoms. The molecule has 1 atom stereocenters. The van der Waals surface area contributed by atoms with Gasteiger partial charge in [0.05, 0.1) is 24.5 Å². The van der Waals surface area contributed by atoms with Crippen molar-refractivity contribution in [2.24, 2.45) is 0 Å². The summed E-state index contributed by atoms with van der Waals surface area (Å²) in [6.45, 7) is -0.810. The molecule has 1 amide bonds. The van der Waals surface area contributed by atoms with Gasteiger partial charge in [-0.2, -0.15) is 0 Å². The first-order valence-corrected chi connectivity index (χ1v) is 15.3. The molecule has 2 aromatic carbocycles. The maximum Gasteiger partial charge on any atom is 3.00 e. The Morgan fingerprint density at radius 1 is 0.688 bits per heavy atom. The number of aryl methyl sites for hydroxylation is 1. The maximum absolute atomic E-state index is 12.5. The zero-order chi connectivity index (χ0) is 34.3. The van der Waals surface area contributed by atoms with E-state index in [9.17, 15) is 49.5 Å². The van der Waals surface area contributed by atoms with Gasteiger partial charge in [-0.25, -0.2) is 0 Å². The molecule has 3 rings (SSSR count). The Hall–Kier alpha value is -3.47. The summed E-state index contributed by atoms with van der Waals surface area (Å²) in [5.74, 6) is -5.20. The van der Waals surface area contributed by atoms with Gasteiger partial charge < -0.3 is 45.2 Å². The number of amides is 1. The number of nitrogens with one attached hydrogen (secondary N) is 1. The molecule has 0 aromatic heterocycles. The van der Waals surface area contributed by atoms with Crippen molar-refractivity contribution in [3.8, 4) is 5.75 Å². The van der Waals surface area contributed by atoms with E-state index in [0.29, 0.717) is 12.1 Å². The second kappa shape index (κ2) is 20.8. The molecule has 0 aliphatic carbocycles. The number of carboxylic acid groups (broad SMARTS) is 4. The monoisotopic (exact) mass is 743 g/mol. The maximum atomic E-state index is 12.5. The van der Waals surface area contributed by atoms with Gasteiger partial charge in [-0.15, -0.1) is 0 Å². The van der Waals surface area contributed by atoms with E-state index in [1.54, 1.807) is 68.1 Å². The van der Waals surface area contributed by atoms with Crippen molar-refractivity contribution in [3.05, 3.63) is 59.7 Å². The first-order valence-electron chi connectivity index (χ1n) is 15.3. The van der Waals surface area contributed by atoms with Crippen molar-refractivity contribution in [1.82, 2.24) is 19.6 Å². The number of rotatable bonds is 14. The van der Waals surface area contributed by atoms with Crippen LogP contribution >= 0.6 is 0 Å². The fraction of sp³-hybridized carbons (Fsp3) is 0.469. The van der Waals surface area contributed by atoms with Crippen molar-refractivity contribution < 1.29 is 82.2 Å². The summed E-state index contributed by atoms with van der Waals surface area (Å²) in [6.07, 6.45) is 0.974. The van der Waals surface area contributed by atoms with Gasteiger partial charge in [0.2, 0.25) is 5.91 Å². The summed E-state index contributed by atoms with van der Waals surface area (Å²) in [4.78, 5) is 65.2. The number of anilines is 1. The van der Waals surface area contributed by atoms with Gasteiger partial charge in [0.1, 0.15) is 5.75 Å². The van der Waals surface area contributed by atoms with Crippen molar-refractivity contribution >= 4 is 35.5 Å². The van der Waals surface area contributed by atoms with E-state index in [2.05, 4.69) is 5.32 Å². The molecule has 1 saturated heterocycles. The van der Waals surface area contributed by atoms with Crippen LogP contribution in [0.15, 0.2) is 48.5 Å². The number of phenols is 1. The topological polar surface area (TPSA) is 220 Å². The Morgan fingerprint density at radius 2 is 1.19 bits per heavy atom. The molecule has 0 spiro atoms. The van der Waals surface area contributed by atoms with Crippen LogP contribution in [0.2, 0.25) is 0 Å². The van der Waals surface area contributed by atoms with E-state index >= 15 is 0 Å². The van der Waals surface area contributed by atoms with E-state index in [0.717, 1.165) is 11.1 Å². The molecule has 1 aliphatic rings. The number of hydrogen-bond donors (Lipinski definition) is 3. The van der Waals surface area contributed by atoms with E-state index in [4.69, 9.17) is 0 Å². The van der Waals surface area contributed by atoms with E-state index in [1.165, 1.54) is 0 Å². The normalized spacial score (nSPS) is 17.3. The van der Waals surface area contributed by atoms with Gasteiger partial charge in [-0.05, 0) is 48.2 Å². The molecule has 256 valence electrons. The summed E-state index contributed by atoms with van der Waals surface area (Å²) < 4.78 is 0. The molecule has 2 aromatic rings. The minimum Gasteiger partial charge on any atom is -0.549 e. The van der Waals surface area contributed by atoms with Gasteiger partial charge in [0, 0.05) is 83.6 Å². The van der Waals surface area contributed by atoms with Crippen LogP contribution in [-0.4, -0.2) is 138 Å². The third-order valence-corrected chi connectivity index (χ3v) is 7.84. The van der Waals surface area contributed by atoms with Gasteiger partial charge >= 0.3 is 38.7 Å². The van der Waals surface area contributed by atoms with Crippen LogP contribution in [0.3, 0.4) is 0 Å². The third-order valence-electron chi connectivity index (χ3n) is 7.84. The molecular weight excluding hydrogens is 703 g/mol. The van der Waals surface area contributed by atoms with Crippen LogP contribution in [0, 0.1) is 0 Å². The minimum atomic E-state index is -1.36. The largest absolute Gasteiger partial charge is 3.00 e. The summed E-state index contributed by atoms with van der Waals surface area (Å²) in [7, 11) is 0. The predicted octanol–water partition coefficient (Wildman–Crippen LogP) is -3.57. The number of aromatic hydroxyl groups is 1. The minimum absolute atomic E-state index is 0. The number of carboxylic acids is 4. The number of aliphatic carboxylic acids is 4. The molecule has 1 unspecified atom stereocenters. The molecule has 1 heterocycles. The summed E-state index contributed by atoms with van der Waals surface area (Å²) in [5.41, 5.74) is 2.21. The van der Waals surface area contributed by atoms with Crippen molar-refractivity contribution in [2.45, 2.75) is 25.3 Å². The van der Waals surface area contributed by atoms with Gasteiger partial charge in [0.15, 0.2) is 0 Å². The fourth-order valence-electron chi connectivity index (χ4n) is 5.47. The number of carbonyl (C=O) groups is 5. The SMILES string of the molecule is O=C([O-])CN1CCN(CC(=O)O)CCN(CC(=O)[O-])CC(Cc2ccc(NC(=O)CCc3ccc(O)cc3)cc2)N(CC(=O)[O-])CC1.[Y+3]. The van der Waals surface area contributed by atoms with Crippen LogP contribution in [0.25, 0.3) is 0 Å². The molecule has 16 heteroatoms. The van der Waals surface area contributed by atoms with E-state index in [1.807, 2.05) is 0 Å². The standard InChI is InChI=1S/C32H43N5O10.Y/c38-27-8-3-23(4-9-27)5-10-28(39)33-25-6-1-24(2-7-25)17-26-18-36(21-31(44)45)14-13-34(19-29(40)41)11-12-35(20-30(42)43)15-16-37(26)22-32(46)47;/h1-4,6-9,26,38H,5,10-22H2,(H,33,39)(H,40,41)(H,42,43)(H,44,45)(H,46,47);/q;+3/p-3. The Balaban J connectivity index is 0.00000800. The van der Waals surface area contributed by atoms with E-state index < -0.39 is 49.6 Å². The number of phenolic OH excluding ortho intramolecular Hbond substituents is 1. The molecule has 1 fully saturated rings. The fourth-order valence-corrected chi connectivity index (χ4v) is 5.47. The first-order chi connectivity index (χ1) is 22.4. The predicted molar refractivity (Wildman–Crippen MR) is 163 cm³/mol. The molecular formula is C32H40N5O10Y. The van der Waals surface area contributed by atoms with Gasteiger partial charge in [0.25, 0.3) is 0 Å². The second-order valence-corrected chi connectivity index (χ2v) is 11.5. The van der Waals surface area contributed by atoms with Crippen LogP contribution in [0.1, 0.15) is 17.5 Å². The number of hydrogen-bond acceptors (Lipinski definition) is 13. The Labute approximate surface area is 304 Å². The van der Waals surface area contributed by atoms with Crippen molar-refractivity contribution in [2.75, 3.05) is 77.3 Å². The van der Waals surface area contributed by atoms with Crippen molar-refractivity contribution in [3.63, 3.8) is 0 Å². The number of carbonyl (C=O) groups excluding carboxylic acids is 4. The average molecular weight is 744 g/mol. The van der Waals surface area contributed by atoms with Crippen LogP contribution in [0.5, 0.6) is 5.75 Å². The summed E-state index contributed by atoms with van der Waals surface area (Å²) in [6, 6.07) is 13.0. The molecule has 1 aliphatic heterocycles. The van der Waals surface area contributed by atoms with Crippen LogP contribution in [0.4, 0.5) is 5.69 Å². The van der Waals surface area contributed by atoms with Crippen LogP contribution < -0.4 is 20.6 Å². The van der Waals surface area contributed by atoms with Crippen LogP contribution in [-0.2, 0) is 69.5 Å². The molecule has 0 saturated carbocycles. The summed E-state index contributed by atoms with van der Waals surface area (Å²) >= 11 is 0. The number of nitrogens with zero attached hydrogens (tertiary/aromatic N) is 4. The Morgan fingerprint density at radius 3 is 1.75 bits per heavy atom. The zero-order valence-corrected chi connectivity index (χ0v) is 29.5. The quantitative estimate of drug-likeness (QED) is 0.171. The smallest absolute Gasteiger partial charge is 0.549 e. The second-order valence-electron chi connectivity index (χ2n) is 11.5. The van der Waals surface area contributed by atoms with Gasteiger partial charge in [-0.3, -0.25) is 29.2 Å². The molecule has 15 nitrogen and oxygen atoms in total. The Kier molecular flexibility index (Phi) is 17.6. The molecule has 0 radical (unpaired) electrons. The molecule has 0 bridgehead atoms. The third kappa shape index (κ3) is 15.6. The van der Waals surface area contributed by atoms with Crippen molar-refractivity contribution in [1.29, 1.82) is 0 Å².